The number of carbonyl (C=O) groups is 1. The fourth-order valence-electron chi connectivity index (χ4n) is 2.03. The topological polar surface area (TPSA) is 38.3 Å². The molecule has 0 unspecified atom stereocenters. The predicted molar refractivity (Wildman–Crippen MR) is 96.9 cm³/mol. The average Bonchev–Trinajstić information content (AvgIpc) is 2.57. The summed E-state index contributed by atoms with van der Waals surface area (Å²) in [4.78, 5) is 12.0. The largest absolute Gasteiger partial charge is 0.481 e. The molecule has 2 rings (SSSR count). The molecule has 0 aliphatic rings. The first-order chi connectivity index (χ1) is 11.1. The lowest BCUT2D eigenvalue weighted by Crippen LogP contribution is -2.37. The summed E-state index contributed by atoms with van der Waals surface area (Å²) in [6.07, 6.45) is -0.489. The van der Waals surface area contributed by atoms with Gasteiger partial charge in [-0.25, -0.2) is 0 Å². The summed E-state index contributed by atoms with van der Waals surface area (Å²) in [6.45, 7) is 4.44. The van der Waals surface area contributed by atoms with Crippen molar-refractivity contribution < 1.29 is 9.53 Å². The molecular weight excluding hydrogens is 306 g/mol. The number of hydrogen-bond acceptors (Lipinski definition) is 3. The fraction of sp³-hybridized carbons (Fsp3) is 0.316. The minimum Gasteiger partial charge on any atom is -0.481 e. The molecule has 2 aromatic carbocycles. The molecule has 0 fully saturated rings. The number of thioether (sulfide) groups is 1. The van der Waals surface area contributed by atoms with Gasteiger partial charge in [-0.2, -0.15) is 11.8 Å². The third kappa shape index (κ3) is 6.37. The van der Waals surface area contributed by atoms with Gasteiger partial charge in [0.05, 0.1) is 0 Å². The molecule has 0 aliphatic carbocycles. The van der Waals surface area contributed by atoms with Gasteiger partial charge in [0, 0.05) is 18.1 Å². The van der Waals surface area contributed by atoms with E-state index in [-0.39, 0.29) is 5.91 Å². The van der Waals surface area contributed by atoms with E-state index < -0.39 is 6.10 Å². The molecule has 2 aromatic rings. The van der Waals surface area contributed by atoms with Gasteiger partial charge < -0.3 is 10.1 Å². The minimum atomic E-state index is -0.489. The molecule has 1 amide bonds. The SMILES string of the molecule is Cc1ccc(O[C@@H](C)C(=O)NCCSCc2ccccc2)cc1. The van der Waals surface area contributed by atoms with Gasteiger partial charge in [0.1, 0.15) is 5.75 Å². The Morgan fingerprint density at radius 2 is 1.83 bits per heavy atom. The van der Waals surface area contributed by atoms with Crippen LogP contribution in [0.4, 0.5) is 0 Å². The molecule has 4 heteroatoms. The van der Waals surface area contributed by atoms with Crippen molar-refractivity contribution in [2.24, 2.45) is 0 Å². The van der Waals surface area contributed by atoms with Gasteiger partial charge in [-0.15, -0.1) is 0 Å². The number of ether oxygens (including phenoxy) is 1. The van der Waals surface area contributed by atoms with Gasteiger partial charge in [-0.3, -0.25) is 4.79 Å². The van der Waals surface area contributed by atoms with Crippen LogP contribution < -0.4 is 10.1 Å². The highest BCUT2D eigenvalue weighted by molar-refractivity contribution is 7.98. The summed E-state index contributed by atoms with van der Waals surface area (Å²) in [5.41, 5.74) is 2.48. The van der Waals surface area contributed by atoms with Gasteiger partial charge >= 0.3 is 0 Å². The van der Waals surface area contributed by atoms with Crippen molar-refractivity contribution in [2.75, 3.05) is 12.3 Å². The van der Waals surface area contributed by atoms with E-state index in [0.29, 0.717) is 6.54 Å². The molecule has 0 bridgehead atoms. The van der Waals surface area contributed by atoms with E-state index in [0.717, 1.165) is 17.3 Å². The van der Waals surface area contributed by atoms with Crippen LogP contribution in [-0.2, 0) is 10.5 Å². The zero-order valence-electron chi connectivity index (χ0n) is 13.6. The Morgan fingerprint density at radius 1 is 1.13 bits per heavy atom. The normalized spacial score (nSPS) is 11.7. The Labute approximate surface area is 142 Å². The smallest absolute Gasteiger partial charge is 0.260 e. The van der Waals surface area contributed by atoms with Crippen molar-refractivity contribution in [3.63, 3.8) is 0 Å². The van der Waals surface area contributed by atoms with E-state index in [1.165, 1.54) is 11.1 Å². The molecule has 0 heterocycles. The second-order valence-electron chi connectivity index (χ2n) is 5.40. The number of aryl methyl sites for hydroxylation is 1. The Hall–Kier alpha value is -1.94. The summed E-state index contributed by atoms with van der Waals surface area (Å²) in [6, 6.07) is 18.0. The van der Waals surface area contributed by atoms with Crippen molar-refractivity contribution in [1.82, 2.24) is 5.32 Å². The van der Waals surface area contributed by atoms with Crippen LogP contribution in [-0.4, -0.2) is 24.3 Å². The maximum atomic E-state index is 12.0. The second kappa shape index (κ2) is 9.26. The van der Waals surface area contributed by atoms with Gasteiger partial charge in [-0.1, -0.05) is 48.0 Å². The van der Waals surface area contributed by atoms with Gasteiger partial charge in [-0.05, 0) is 31.5 Å². The highest BCUT2D eigenvalue weighted by atomic mass is 32.2. The van der Waals surface area contributed by atoms with E-state index in [2.05, 4.69) is 17.4 Å². The summed E-state index contributed by atoms with van der Waals surface area (Å²) in [7, 11) is 0. The molecule has 0 aromatic heterocycles. The number of hydrogen-bond donors (Lipinski definition) is 1. The molecule has 23 heavy (non-hydrogen) atoms. The lowest BCUT2D eigenvalue weighted by Gasteiger charge is -2.14. The maximum Gasteiger partial charge on any atom is 0.260 e. The van der Waals surface area contributed by atoms with Crippen LogP contribution in [0.5, 0.6) is 5.75 Å². The summed E-state index contributed by atoms with van der Waals surface area (Å²) in [5.74, 6) is 2.49. The van der Waals surface area contributed by atoms with Crippen LogP contribution in [0.3, 0.4) is 0 Å². The van der Waals surface area contributed by atoms with Crippen LogP contribution in [0.2, 0.25) is 0 Å². The molecular formula is C19H23NO2S. The van der Waals surface area contributed by atoms with Crippen LogP contribution in [0.15, 0.2) is 54.6 Å². The van der Waals surface area contributed by atoms with Gasteiger partial charge in [0.15, 0.2) is 6.10 Å². The molecule has 3 nitrogen and oxygen atoms in total. The molecule has 0 spiro atoms. The van der Waals surface area contributed by atoms with E-state index in [9.17, 15) is 4.79 Å². The zero-order valence-corrected chi connectivity index (χ0v) is 14.4. The van der Waals surface area contributed by atoms with Crippen molar-refractivity contribution in [2.45, 2.75) is 25.7 Å². The summed E-state index contributed by atoms with van der Waals surface area (Å²) < 4.78 is 5.64. The van der Waals surface area contributed by atoms with Crippen LogP contribution in [0, 0.1) is 6.92 Å². The first kappa shape index (κ1) is 17.4. The molecule has 1 N–H and O–H groups in total. The summed E-state index contributed by atoms with van der Waals surface area (Å²) in [5, 5.41) is 2.92. The lowest BCUT2D eigenvalue weighted by atomic mass is 10.2. The van der Waals surface area contributed by atoms with Crippen molar-refractivity contribution in [1.29, 1.82) is 0 Å². The zero-order chi connectivity index (χ0) is 16.5. The minimum absolute atomic E-state index is 0.0779. The molecule has 0 radical (unpaired) electrons. The van der Waals surface area contributed by atoms with Gasteiger partial charge in [0.2, 0.25) is 0 Å². The molecule has 0 saturated heterocycles. The van der Waals surface area contributed by atoms with Crippen molar-refractivity contribution in [3.05, 3.63) is 65.7 Å². The number of amides is 1. The number of benzene rings is 2. The number of carbonyl (C=O) groups excluding carboxylic acids is 1. The quantitative estimate of drug-likeness (QED) is 0.748. The van der Waals surface area contributed by atoms with E-state index in [1.54, 1.807) is 6.92 Å². The van der Waals surface area contributed by atoms with Crippen molar-refractivity contribution >= 4 is 17.7 Å². The van der Waals surface area contributed by atoms with Crippen molar-refractivity contribution in [3.8, 4) is 5.75 Å². The van der Waals surface area contributed by atoms with Crippen LogP contribution in [0.25, 0.3) is 0 Å². The first-order valence-electron chi connectivity index (χ1n) is 7.78. The predicted octanol–water partition coefficient (Wildman–Crippen LogP) is 3.81. The fourth-order valence-corrected chi connectivity index (χ4v) is 2.85. The standard InChI is InChI=1S/C19H23NO2S/c1-15-8-10-18(11-9-15)22-16(2)19(21)20-12-13-23-14-17-6-4-3-5-7-17/h3-11,16H,12-14H2,1-2H3,(H,20,21)/t16-/m0/s1. The monoisotopic (exact) mass is 329 g/mol. The van der Waals surface area contributed by atoms with Crippen LogP contribution in [0.1, 0.15) is 18.1 Å². The van der Waals surface area contributed by atoms with E-state index in [1.807, 2.05) is 61.2 Å². The maximum absolute atomic E-state index is 12.0. The number of rotatable bonds is 8. The molecule has 1 atom stereocenters. The highest BCUT2D eigenvalue weighted by Gasteiger charge is 2.13. The van der Waals surface area contributed by atoms with Crippen LogP contribution >= 0.6 is 11.8 Å². The summed E-state index contributed by atoms with van der Waals surface area (Å²) >= 11 is 1.81. The lowest BCUT2D eigenvalue weighted by molar-refractivity contribution is -0.127. The third-order valence-electron chi connectivity index (χ3n) is 3.36. The number of nitrogens with one attached hydrogen (secondary N) is 1. The second-order valence-corrected chi connectivity index (χ2v) is 6.51. The van der Waals surface area contributed by atoms with E-state index in [4.69, 9.17) is 4.74 Å². The van der Waals surface area contributed by atoms with E-state index >= 15 is 0 Å². The Bertz CT molecular complexity index is 599. The molecule has 0 aliphatic heterocycles. The molecule has 122 valence electrons. The Morgan fingerprint density at radius 3 is 2.52 bits per heavy atom. The average molecular weight is 329 g/mol. The Balaban J connectivity index is 1.63. The Kier molecular flexibility index (Phi) is 7.01. The highest BCUT2D eigenvalue weighted by Crippen LogP contribution is 2.13. The van der Waals surface area contributed by atoms with Gasteiger partial charge in [0.25, 0.3) is 5.91 Å². The third-order valence-corrected chi connectivity index (χ3v) is 4.39. The first-order valence-corrected chi connectivity index (χ1v) is 8.93. The molecule has 0 saturated carbocycles.